The van der Waals surface area contributed by atoms with E-state index in [1.54, 1.807) is 19.1 Å². The van der Waals surface area contributed by atoms with Gasteiger partial charge >= 0.3 is 0 Å². The first-order valence-corrected chi connectivity index (χ1v) is 16.3. The van der Waals surface area contributed by atoms with Gasteiger partial charge in [0.05, 0.1) is 36.2 Å². The van der Waals surface area contributed by atoms with Crippen LogP contribution in [0.3, 0.4) is 0 Å². The molecule has 0 radical (unpaired) electrons. The monoisotopic (exact) mass is 626 g/mol. The van der Waals surface area contributed by atoms with E-state index in [4.69, 9.17) is 0 Å². The number of nitrogens with zero attached hydrogens (tertiary/aromatic N) is 1. The number of anilines is 1. The highest BCUT2D eigenvalue weighted by atomic mass is 32.2. The van der Waals surface area contributed by atoms with Crippen molar-refractivity contribution in [2.24, 2.45) is 0 Å². The summed E-state index contributed by atoms with van der Waals surface area (Å²) in [5.74, 6) is -1.60. The first-order valence-electron chi connectivity index (χ1n) is 14.4. The van der Waals surface area contributed by atoms with Gasteiger partial charge in [-0.3, -0.25) is 13.9 Å². The predicted octanol–water partition coefficient (Wildman–Crippen LogP) is 2.53. The van der Waals surface area contributed by atoms with Crippen LogP contribution in [0.4, 0.5) is 10.1 Å². The lowest BCUT2D eigenvalue weighted by atomic mass is 9.90. The summed E-state index contributed by atoms with van der Waals surface area (Å²) < 4.78 is 39.1. The third-order valence-electron chi connectivity index (χ3n) is 7.87. The lowest BCUT2D eigenvalue weighted by molar-refractivity contribution is 0.0339. The van der Waals surface area contributed by atoms with Crippen LogP contribution in [0.2, 0.25) is 0 Å². The molecule has 12 heteroatoms. The Morgan fingerprint density at radius 3 is 2.23 bits per heavy atom. The molecule has 1 aliphatic heterocycles. The number of halogens is 1. The van der Waals surface area contributed by atoms with Gasteiger partial charge in [0.1, 0.15) is 5.82 Å². The molecule has 1 unspecified atom stereocenters. The molecule has 236 valence electrons. The SMILES string of the molecule is C[C@@H](NC(=O)c1cc(C(=O)N[C@@H](Cc2ccccc2)[C@H](O)[C@H]2CC(O)CCN2)cc(N(C)S(C)(=O)=O)c1)c1ccc(F)cc1. The smallest absolute Gasteiger partial charge is 0.251 e. The fourth-order valence-electron chi connectivity index (χ4n) is 5.21. The normalized spacial score (nSPS) is 19.0. The molecule has 1 aliphatic rings. The van der Waals surface area contributed by atoms with Crippen molar-refractivity contribution >= 4 is 27.5 Å². The highest BCUT2D eigenvalue weighted by molar-refractivity contribution is 7.92. The number of piperidine rings is 1. The van der Waals surface area contributed by atoms with Gasteiger partial charge in [0.15, 0.2) is 0 Å². The van der Waals surface area contributed by atoms with Crippen LogP contribution in [-0.4, -0.2) is 74.6 Å². The van der Waals surface area contributed by atoms with E-state index in [0.717, 1.165) is 16.1 Å². The zero-order chi connectivity index (χ0) is 32.0. The Kier molecular flexibility index (Phi) is 10.7. The van der Waals surface area contributed by atoms with Gasteiger partial charge in [0.25, 0.3) is 11.8 Å². The van der Waals surface area contributed by atoms with Gasteiger partial charge in [-0.1, -0.05) is 42.5 Å². The zero-order valence-corrected chi connectivity index (χ0v) is 25.7. The summed E-state index contributed by atoms with van der Waals surface area (Å²) in [6, 6.07) is 17.3. The van der Waals surface area contributed by atoms with Crippen LogP contribution < -0.4 is 20.3 Å². The molecule has 1 saturated heterocycles. The molecule has 1 heterocycles. The van der Waals surface area contributed by atoms with Crippen LogP contribution >= 0.6 is 0 Å². The maximum atomic E-state index is 13.7. The van der Waals surface area contributed by atoms with Crippen molar-refractivity contribution in [3.8, 4) is 0 Å². The molecule has 10 nitrogen and oxygen atoms in total. The number of rotatable bonds is 11. The Labute approximate surface area is 257 Å². The number of amides is 2. The molecule has 44 heavy (non-hydrogen) atoms. The fraction of sp³-hybridized carbons (Fsp3) is 0.375. The van der Waals surface area contributed by atoms with Crippen molar-refractivity contribution < 1.29 is 32.6 Å². The summed E-state index contributed by atoms with van der Waals surface area (Å²) in [6.07, 6.45) is 0.528. The summed E-state index contributed by atoms with van der Waals surface area (Å²) in [4.78, 5) is 27.1. The minimum atomic E-state index is -3.75. The van der Waals surface area contributed by atoms with E-state index in [9.17, 15) is 32.6 Å². The number of benzene rings is 3. The molecule has 5 N–H and O–H groups in total. The number of aliphatic hydroxyl groups is 2. The van der Waals surface area contributed by atoms with Crippen LogP contribution in [0.5, 0.6) is 0 Å². The van der Waals surface area contributed by atoms with E-state index < -0.39 is 58.0 Å². The molecule has 1 fully saturated rings. The van der Waals surface area contributed by atoms with Crippen molar-refractivity contribution in [3.05, 3.63) is 101 Å². The lowest BCUT2D eigenvalue weighted by Gasteiger charge is -2.35. The second-order valence-electron chi connectivity index (χ2n) is 11.2. The Balaban J connectivity index is 1.64. The molecule has 0 spiro atoms. The standard InChI is InChI=1S/C32H39FN4O6S/c1-20(22-9-11-25(33)12-10-22)35-31(40)23-16-24(18-26(17-23)37(2)44(3,42)43)32(41)36-29(15-21-7-5-4-6-8-21)30(39)28-19-27(38)13-14-34-28/h4-12,16-18,20,27-30,34,38-39H,13-15,19H2,1-3H3,(H,35,40)(H,36,41)/t20-,27?,28-,29+,30-/m1/s1. The van der Waals surface area contributed by atoms with E-state index in [-0.39, 0.29) is 23.2 Å². The fourth-order valence-corrected chi connectivity index (χ4v) is 5.70. The van der Waals surface area contributed by atoms with Gasteiger partial charge in [0, 0.05) is 24.2 Å². The van der Waals surface area contributed by atoms with Crippen molar-refractivity contribution in [1.29, 1.82) is 0 Å². The lowest BCUT2D eigenvalue weighted by Crippen LogP contribution is -2.56. The van der Waals surface area contributed by atoms with Gasteiger partial charge in [-0.15, -0.1) is 0 Å². The Bertz CT molecular complexity index is 1550. The average molecular weight is 627 g/mol. The van der Waals surface area contributed by atoms with E-state index >= 15 is 0 Å². The van der Waals surface area contributed by atoms with E-state index in [2.05, 4.69) is 16.0 Å². The molecule has 5 atom stereocenters. The Morgan fingerprint density at radius 1 is 1.02 bits per heavy atom. The number of nitrogens with one attached hydrogen (secondary N) is 3. The van der Waals surface area contributed by atoms with Gasteiger partial charge < -0.3 is 26.2 Å². The molecule has 3 aromatic carbocycles. The minimum absolute atomic E-state index is 0.0134. The number of hydrogen-bond acceptors (Lipinski definition) is 7. The topological polar surface area (TPSA) is 148 Å². The van der Waals surface area contributed by atoms with Gasteiger partial charge in [-0.05, 0) is 74.2 Å². The molecule has 4 rings (SSSR count). The molecule has 0 aliphatic carbocycles. The largest absolute Gasteiger partial charge is 0.393 e. The van der Waals surface area contributed by atoms with Crippen molar-refractivity contribution in [2.75, 3.05) is 24.2 Å². The summed E-state index contributed by atoms with van der Waals surface area (Å²) in [7, 11) is -2.43. The Morgan fingerprint density at radius 2 is 1.64 bits per heavy atom. The first kappa shape index (κ1) is 33.1. The summed E-state index contributed by atoms with van der Waals surface area (Å²) >= 11 is 0. The van der Waals surface area contributed by atoms with E-state index in [0.29, 0.717) is 24.9 Å². The van der Waals surface area contributed by atoms with Crippen molar-refractivity contribution in [3.63, 3.8) is 0 Å². The summed E-state index contributed by atoms with van der Waals surface area (Å²) in [5, 5.41) is 30.5. The zero-order valence-electron chi connectivity index (χ0n) is 24.9. The van der Waals surface area contributed by atoms with Gasteiger partial charge in [-0.25, -0.2) is 12.8 Å². The molecule has 0 aromatic heterocycles. The van der Waals surface area contributed by atoms with Crippen molar-refractivity contribution in [1.82, 2.24) is 16.0 Å². The number of aliphatic hydroxyl groups excluding tert-OH is 2. The van der Waals surface area contributed by atoms with Crippen LogP contribution in [-0.2, 0) is 16.4 Å². The number of carbonyl (C=O) groups is 2. The summed E-state index contributed by atoms with van der Waals surface area (Å²) in [5.41, 5.74) is 1.67. The quantitative estimate of drug-likeness (QED) is 0.220. The van der Waals surface area contributed by atoms with Crippen LogP contribution in [0.25, 0.3) is 0 Å². The molecule has 3 aromatic rings. The molecular formula is C32H39FN4O6S. The van der Waals surface area contributed by atoms with Gasteiger partial charge in [0.2, 0.25) is 10.0 Å². The third-order valence-corrected chi connectivity index (χ3v) is 9.08. The maximum absolute atomic E-state index is 13.7. The second kappa shape index (κ2) is 14.3. The molecule has 2 amide bonds. The third kappa shape index (κ3) is 8.63. The van der Waals surface area contributed by atoms with Crippen LogP contribution in [0.15, 0.2) is 72.8 Å². The molecule has 0 bridgehead atoms. The van der Waals surface area contributed by atoms with E-state index in [1.807, 2.05) is 30.3 Å². The molecular weight excluding hydrogens is 587 g/mol. The maximum Gasteiger partial charge on any atom is 0.251 e. The Hall–Kier alpha value is -3.84. The number of hydrogen-bond donors (Lipinski definition) is 5. The molecule has 0 saturated carbocycles. The summed E-state index contributed by atoms with van der Waals surface area (Å²) in [6.45, 7) is 2.24. The van der Waals surface area contributed by atoms with Gasteiger partial charge in [-0.2, -0.15) is 0 Å². The van der Waals surface area contributed by atoms with Crippen LogP contribution in [0, 0.1) is 5.82 Å². The number of carbonyl (C=O) groups excluding carboxylic acids is 2. The highest BCUT2D eigenvalue weighted by Crippen LogP contribution is 2.23. The number of sulfonamides is 1. The predicted molar refractivity (Wildman–Crippen MR) is 166 cm³/mol. The minimum Gasteiger partial charge on any atom is -0.393 e. The average Bonchev–Trinajstić information content (AvgIpc) is 3.00. The van der Waals surface area contributed by atoms with Crippen LogP contribution in [0.1, 0.15) is 57.7 Å². The highest BCUT2D eigenvalue weighted by Gasteiger charge is 2.33. The van der Waals surface area contributed by atoms with E-state index in [1.165, 1.54) is 37.4 Å². The second-order valence-corrected chi connectivity index (χ2v) is 13.3. The van der Waals surface area contributed by atoms with Crippen molar-refractivity contribution in [2.45, 2.75) is 56.5 Å². The first-order chi connectivity index (χ1) is 20.8.